The summed E-state index contributed by atoms with van der Waals surface area (Å²) in [4.78, 5) is 31.3. The number of pyridine rings is 1. The molecule has 1 amide bonds. The summed E-state index contributed by atoms with van der Waals surface area (Å²) < 4.78 is 0. The van der Waals surface area contributed by atoms with Gasteiger partial charge in [-0.3, -0.25) is 14.6 Å². The van der Waals surface area contributed by atoms with Gasteiger partial charge in [0.15, 0.2) is 5.78 Å². The highest BCUT2D eigenvalue weighted by Gasteiger charge is 2.43. The van der Waals surface area contributed by atoms with Crippen LogP contribution in [0.4, 0.5) is 5.69 Å². The van der Waals surface area contributed by atoms with Crippen molar-refractivity contribution in [3.63, 3.8) is 0 Å². The minimum atomic E-state index is -0.846. The number of carbonyl (C=O) groups is 2. The van der Waals surface area contributed by atoms with E-state index in [1.165, 1.54) is 23.4 Å². The van der Waals surface area contributed by atoms with Crippen LogP contribution >= 0.6 is 0 Å². The molecule has 1 unspecified atom stereocenters. The molecule has 0 bridgehead atoms. The van der Waals surface area contributed by atoms with Crippen LogP contribution in [-0.4, -0.2) is 22.4 Å². The Labute approximate surface area is 206 Å². The van der Waals surface area contributed by atoms with E-state index in [9.17, 15) is 9.59 Å². The number of amides is 1. The van der Waals surface area contributed by atoms with Crippen molar-refractivity contribution in [3.8, 4) is 11.3 Å². The van der Waals surface area contributed by atoms with Crippen molar-refractivity contribution in [2.45, 2.75) is 58.8 Å². The number of benzene rings is 2. The van der Waals surface area contributed by atoms with E-state index in [2.05, 4.69) is 29.1 Å². The van der Waals surface area contributed by atoms with Gasteiger partial charge in [-0.15, -0.1) is 0 Å². The second-order valence-corrected chi connectivity index (χ2v) is 9.97. The SMILES string of the molecule is CCC1(c2cccc(CC(=O)C3C(=O)N(c4ccc(C)c(-c5ncccc5C)c4)N=C3C)c2)CC1. The highest BCUT2D eigenvalue weighted by molar-refractivity contribution is 6.27. The van der Waals surface area contributed by atoms with Gasteiger partial charge in [0.1, 0.15) is 5.92 Å². The second kappa shape index (κ2) is 8.88. The Morgan fingerprint density at radius 2 is 1.83 bits per heavy atom. The van der Waals surface area contributed by atoms with Gasteiger partial charge in [-0.25, -0.2) is 0 Å². The Bertz CT molecular complexity index is 1350. The lowest BCUT2D eigenvalue weighted by molar-refractivity contribution is -0.128. The van der Waals surface area contributed by atoms with E-state index in [1.54, 1.807) is 13.1 Å². The number of carbonyl (C=O) groups excluding carboxylic acids is 2. The maximum Gasteiger partial charge on any atom is 0.263 e. The van der Waals surface area contributed by atoms with Gasteiger partial charge < -0.3 is 0 Å². The predicted molar refractivity (Wildman–Crippen MR) is 140 cm³/mol. The normalized spacial score (nSPS) is 18.5. The molecule has 1 aromatic heterocycles. The fourth-order valence-electron chi connectivity index (χ4n) is 5.20. The molecule has 0 spiro atoms. The lowest BCUT2D eigenvalue weighted by Gasteiger charge is -2.17. The van der Waals surface area contributed by atoms with Crippen LogP contribution in [0.3, 0.4) is 0 Å². The molecular formula is C30H31N3O2. The van der Waals surface area contributed by atoms with E-state index in [-0.39, 0.29) is 23.5 Å². The van der Waals surface area contributed by atoms with Gasteiger partial charge in [0.05, 0.1) is 17.1 Å². The first kappa shape index (κ1) is 23.2. The molecule has 0 N–H and O–H groups in total. The quantitative estimate of drug-likeness (QED) is 0.405. The number of ketones is 1. The summed E-state index contributed by atoms with van der Waals surface area (Å²) in [6.45, 7) is 8.04. The summed E-state index contributed by atoms with van der Waals surface area (Å²) in [6, 6.07) is 18.1. The number of Topliss-reactive ketones (excluding diaryl/α,β-unsaturated/α-hetero) is 1. The van der Waals surface area contributed by atoms with Crippen molar-refractivity contribution >= 4 is 23.1 Å². The van der Waals surface area contributed by atoms with Gasteiger partial charge in [-0.05, 0) is 85.9 Å². The predicted octanol–water partition coefficient (Wildman–Crippen LogP) is 5.96. The Kier molecular flexibility index (Phi) is 5.87. The molecule has 1 fully saturated rings. The van der Waals surface area contributed by atoms with Crippen LogP contribution in [-0.2, 0) is 21.4 Å². The molecule has 2 heterocycles. The largest absolute Gasteiger partial charge is 0.298 e. The van der Waals surface area contributed by atoms with Crippen molar-refractivity contribution in [2.24, 2.45) is 11.0 Å². The molecule has 1 atom stereocenters. The first-order valence-corrected chi connectivity index (χ1v) is 12.4. The van der Waals surface area contributed by atoms with E-state index in [1.807, 2.05) is 56.3 Å². The first-order valence-electron chi connectivity index (χ1n) is 12.4. The summed E-state index contributed by atoms with van der Waals surface area (Å²) >= 11 is 0. The molecule has 1 saturated carbocycles. The fourth-order valence-corrected chi connectivity index (χ4v) is 5.20. The number of aromatic nitrogens is 1. The smallest absolute Gasteiger partial charge is 0.263 e. The average Bonchev–Trinajstić information content (AvgIpc) is 3.59. The topological polar surface area (TPSA) is 62.6 Å². The molecule has 2 aromatic carbocycles. The highest BCUT2D eigenvalue weighted by Crippen LogP contribution is 2.50. The van der Waals surface area contributed by atoms with Gasteiger partial charge in [0.25, 0.3) is 5.91 Å². The minimum absolute atomic E-state index is 0.106. The Balaban J connectivity index is 1.38. The summed E-state index contributed by atoms with van der Waals surface area (Å²) in [7, 11) is 0. The number of hydrazone groups is 1. The molecule has 5 rings (SSSR count). The minimum Gasteiger partial charge on any atom is -0.298 e. The monoisotopic (exact) mass is 465 g/mol. The van der Waals surface area contributed by atoms with E-state index in [4.69, 9.17) is 0 Å². The molecule has 178 valence electrons. The number of hydrogen-bond acceptors (Lipinski definition) is 4. The van der Waals surface area contributed by atoms with Gasteiger partial charge in [-0.2, -0.15) is 10.1 Å². The van der Waals surface area contributed by atoms with Crippen molar-refractivity contribution in [3.05, 3.63) is 83.0 Å². The summed E-state index contributed by atoms with van der Waals surface area (Å²) in [5.74, 6) is -1.24. The number of rotatable bonds is 7. The maximum atomic E-state index is 13.4. The van der Waals surface area contributed by atoms with E-state index >= 15 is 0 Å². The average molecular weight is 466 g/mol. The van der Waals surface area contributed by atoms with Crippen LogP contribution in [0.15, 0.2) is 65.9 Å². The van der Waals surface area contributed by atoms with Crippen LogP contribution < -0.4 is 5.01 Å². The fraction of sp³-hybridized carbons (Fsp3) is 0.333. The standard InChI is InChI=1S/C30H31N3O2/c1-5-30(13-14-30)23-10-6-9-22(16-23)17-26(34)27-21(4)32-33(29(27)35)24-12-11-19(2)25(18-24)28-20(3)8-7-15-31-28/h6-12,15-16,18,27H,5,13-14,17H2,1-4H3. The Morgan fingerprint density at radius 3 is 2.54 bits per heavy atom. The number of aryl methyl sites for hydroxylation is 2. The third-order valence-corrected chi connectivity index (χ3v) is 7.63. The third-order valence-electron chi connectivity index (χ3n) is 7.63. The van der Waals surface area contributed by atoms with Crippen LogP contribution in [0.2, 0.25) is 0 Å². The molecule has 2 aliphatic rings. The van der Waals surface area contributed by atoms with E-state index < -0.39 is 5.92 Å². The number of anilines is 1. The second-order valence-electron chi connectivity index (χ2n) is 9.97. The van der Waals surface area contributed by atoms with Crippen LogP contribution in [0.1, 0.15) is 55.4 Å². The highest BCUT2D eigenvalue weighted by atomic mass is 16.2. The lowest BCUT2D eigenvalue weighted by Crippen LogP contribution is -2.33. The molecule has 35 heavy (non-hydrogen) atoms. The Hall–Kier alpha value is -3.60. The molecular weight excluding hydrogens is 434 g/mol. The molecule has 5 nitrogen and oxygen atoms in total. The van der Waals surface area contributed by atoms with Gasteiger partial charge in [0.2, 0.25) is 0 Å². The first-order chi connectivity index (χ1) is 16.8. The molecule has 1 aliphatic carbocycles. The van der Waals surface area contributed by atoms with Crippen molar-refractivity contribution < 1.29 is 9.59 Å². The maximum absolute atomic E-state index is 13.4. The van der Waals surface area contributed by atoms with Crippen molar-refractivity contribution in [1.82, 2.24) is 4.98 Å². The van der Waals surface area contributed by atoms with E-state index in [0.717, 1.165) is 34.4 Å². The number of nitrogens with zero attached hydrogens (tertiary/aromatic N) is 3. The molecule has 3 aromatic rings. The molecule has 0 radical (unpaired) electrons. The summed E-state index contributed by atoms with van der Waals surface area (Å²) in [5, 5.41) is 5.89. The van der Waals surface area contributed by atoms with Crippen molar-refractivity contribution in [2.75, 3.05) is 5.01 Å². The summed E-state index contributed by atoms with van der Waals surface area (Å²) in [6.07, 6.45) is 5.53. The molecule has 1 aliphatic heterocycles. The zero-order chi connectivity index (χ0) is 24.7. The zero-order valence-corrected chi connectivity index (χ0v) is 20.8. The summed E-state index contributed by atoms with van der Waals surface area (Å²) in [5.41, 5.74) is 7.72. The van der Waals surface area contributed by atoms with Gasteiger partial charge >= 0.3 is 0 Å². The van der Waals surface area contributed by atoms with Crippen LogP contribution in [0.25, 0.3) is 11.3 Å². The molecule has 5 heteroatoms. The third kappa shape index (κ3) is 4.20. The number of hydrogen-bond donors (Lipinski definition) is 0. The zero-order valence-electron chi connectivity index (χ0n) is 20.8. The lowest BCUT2D eigenvalue weighted by atomic mass is 9.89. The van der Waals surface area contributed by atoms with Gasteiger partial charge in [0, 0.05) is 18.2 Å². The van der Waals surface area contributed by atoms with Gasteiger partial charge in [-0.1, -0.05) is 43.3 Å². The van der Waals surface area contributed by atoms with E-state index in [0.29, 0.717) is 11.4 Å². The Morgan fingerprint density at radius 1 is 1.03 bits per heavy atom. The molecule has 0 saturated heterocycles. The van der Waals surface area contributed by atoms with Crippen LogP contribution in [0, 0.1) is 19.8 Å². The van der Waals surface area contributed by atoms with Crippen molar-refractivity contribution in [1.29, 1.82) is 0 Å². The van der Waals surface area contributed by atoms with Crippen LogP contribution in [0.5, 0.6) is 0 Å².